The molecule has 1 unspecified atom stereocenters. The van der Waals surface area contributed by atoms with E-state index in [1.807, 2.05) is 31.2 Å². The first-order valence-electron chi connectivity index (χ1n) is 8.47. The van der Waals surface area contributed by atoms with Crippen LogP contribution in [-0.4, -0.2) is 38.7 Å². The van der Waals surface area contributed by atoms with Gasteiger partial charge in [-0.15, -0.1) is 0 Å². The van der Waals surface area contributed by atoms with E-state index in [0.717, 1.165) is 53.3 Å². The van der Waals surface area contributed by atoms with Crippen molar-refractivity contribution >= 4 is 10.9 Å². The third-order valence-corrected chi connectivity index (χ3v) is 4.78. The summed E-state index contributed by atoms with van der Waals surface area (Å²) in [6, 6.07) is 7.77. The summed E-state index contributed by atoms with van der Waals surface area (Å²) in [5, 5.41) is 8.18. The molecule has 1 fully saturated rings. The van der Waals surface area contributed by atoms with Crippen LogP contribution in [0, 0.1) is 6.92 Å². The molecule has 0 amide bonds. The zero-order valence-electron chi connectivity index (χ0n) is 14.4. The first-order valence-corrected chi connectivity index (χ1v) is 8.47. The molecule has 0 spiro atoms. The topological polar surface area (TPSA) is 86.9 Å². The molecule has 7 heteroatoms. The van der Waals surface area contributed by atoms with Gasteiger partial charge in [0, 0.05) is 23.0 Å². The highest BCUT2D eigenvalue weighted by atomic mass is 16.5. The lowest BCUT2D eigenvalue weighted by molar-refractivity contribution is 0.239. The normalized spacial score (nSPS) is 18.1. The van der Waals surface area contributed by atoms with Crippen molar-refractivity contribution in [3.05, 3.63) is 51.8 Å². The molecule has 2 aromatic heterocycles. The van der Waals surface area contributed by atoms with E-state index in [2.05, 4.69) is 25.1 Å². The van der Waals surface area contributed by atoms with Crippen molar-refractivity contribution in [3.63, 3.8) is 0 Å². The predicted molar refractivity (Wildman–Crippen MR) is 94.6 cm³/mol. The van der Waals surface area contributed by atoms with Gasteiger partial charge in [0.05, 0.1) is 13.2 Å². The molecule has 0 saturated carbocycles. The Morgan fingerprint density at radius 1 is 1.36 bits per heavy atom. The molecular formula is C18H21N5O2. The molecule has 1 aliphatic heterocycles. The van der Waals surface area contributed by atoms with E-state index in [1.165, 1.54) is 0 Å². The van der Waals surface area contributed by atoms with Gasteiger partial charge in [-0.25, -0.2) is 4.98 Å². The molecule has 0 bridgehead atoms. The van der Waals surface area contributed by atoms with Gasteiger partial charge in [-0.05, 0) is 50.6 Å². The minimum atomic E-state index is -0.0468. The van der Waals surface area contributed by atoms with Gasteiger partial charge in [-0.3, -0.25) is 14.8 Å². The Balaban J connectivity index is 1.65. The van der Waals surface area contributed by atoms with Crippen LogP contribution in [0.2, 0.25) is 0 Å². The molecule has 0 aliphatic carbocycles. The maximum atomic E-state index is 12.5. The van der Waals surface area contributed by atoms with Crippen LogP contribution in [-0.2, 0) is 6.54 Å². The highest BCUT2D eigenvalue weighted by Gasteiger charge is 2.29. The maximum Gasteiger partial charge on any atom is 0.252 e. The molecule has 1 aliphatic rings. The van der Waals surface area contributed by atoms with E-state index in [9.17, 15) is 4.79 Å². The Labute approximate surface area is 145 Å². The number of hydrogen-bond acceptors (Lipinski definition) is 5. The van der Waals surface area contributed by atoms with Gasteiger partial charge < -0.3 is 9.72 Å². The molecule has 1 aromatic carbocycles. The average Bonchev–Trinajstić information content (AvgIpc) is 3.23. The largest absolute Gasteiger partial charge is 0.497 e. The maximum absolute atomic E-state index is 12.5. The predicted octanol–water partition coefficient (Wildman–Crippen LogP) is 2.30. The summed E-state index contributed by atoms with van der Waals surface area (Å²) in [4.78, 5) is 22.2. The van der Waals surface area contributed by atoms with Crippen molar-refractivity contribution in [2.75, 3.05) is 13.7 Å². The van der Waals surface area contributed by atoms with Crippen molar-refractivity contribution in [1.29, 1.82) is 0 Å². The Morgan fingerprint density at radius 2 is 2.24 bits per heavy atom. The molecule has 1 atom stereocenters. The Morgan fingerprint density at radius 3 is 3.00 bits per heavy atom. The number of aromatic amines is 2. The number of pyridine rings is 1. The summed E-state index contributed by atoms with van der Waals surface area (Å²) in [5.74, 6) is 2.41. The van der Waals surface area contributed by atoms with Gasteiger partial charge in [-0.2, -0.15) is 5.10 Å². The minimum absolute atomic E-state index is 0.0468. The second-order valence-electron chi connectivity index (χ2n) is 6.48. The van der Waals surface area contributed by atoms with Crippen LogP contribution in [0.3, 0.4) is 0 Å². The van der Waals surface area contributed by atoms with E-state index in [0.29, 0.717) is 6.54 Å². The molecule has 130 valence electrons. The van der Waals surface area contributed by atoms with Crippen LogP contribution in [0.4, 0.5) is 0 Å². The number of aromatic nitrogens is 4. The van der Waals surface area contributed by atoms with Crippen molar-refractivity contribution in [3.8, 4) is 5.75 Å². The van der Waals surface area contributed by atoms with Crippen LogP contribution in [0.15, 0.2) is 29.1 Å². The number of nitrogens with one attached hydrogen (secondary N) is 2. The fourth-order valence-corrected chi connectivity index (χ4v) is 3.51. The van der Waals surface area contributed by atoms with E-state index >= 15 is 0 Å². The summed E-state index contributed by atoms with van der Waals surface area (Å²) in [7, 11) is 1.64. The fraction of sp³-hybridized carbons (Fsp3) is 0.389. The highest BCUT2D eigenvalue weighted by molar-refractivity contribution is 5.80. The van der Waals surface area contributed by atoms with Gasteiger partial charge in [0.1, 0.15) is 11.6 Å². The Hall–Kier alpha value is -2.67. The Bertz CT molecular complexity index is 961. The number of methoxy groups -OCH3 is 1. The van der Waals surface area contributed by atoms with E-state index in [-0.39, 0.29) is 11.6 Å². The van der Waals surface area contributed by atoms with Crippen LogP contribution < -0.4 is 10.3 Å². The summed E-state index contributed by atoms with van der Waals surface area (Å²) >= 11 is 0. The number of nitrogens with zero attached hydrogens (tertiary/aromatic N) is 3. The number of rotatable bonds is 4. The van der Waals surface area contributed by atoms with Crippen molar-refractivity contribution in [2.45, 2.75) is 32.4 Å². The van der Waals surface area contributed by atoms with Crippen LogP contribution in [0.1, 0.15) is 36.1 Å². The molecule has 25 heavy (non-hydrogen) atoms. The first-order chi connectivity index (χ1) is 12.1. The van der Waals surface area contributed by atoms with Gasteiger partial charge in [-0.1, -0.05) is 0 Å². The number of likely N-dealkylation sites (tertiary alicyclic amines) is 1. The lowest BCUT2D eigenvalue weighted by atomic mass is 10.1. The summed E-state index contributed by atoms with van der Waals surface area (Å²) in [5.41, 5.74) is 1.52. The third kappa shape index (κ3) is 3.02. The van der Waals surface area contributed by atoms with Gasteiger partial charge in [0.15, 0.2) is 5.82 Å². The smallest absolute Gasteiger partial charge is 0.252 e. The second-order valence-corrected chi connectivity index (χ2v) is 6.48. The molecule has 7 nitrogen and oxygen atoms in total. The minimum Gasteiger partial charge on any atom is -0.497 e. The number of benzene rings is 1. The zero-order valence-corrected chi connectivity index (χ0v) is 14.4. The highest BCUT2D eigenvalue weighted by Crippen LogP contribution is 2.31. The van der Waals surface area contributed by atoms with E-state index in [4.69, 9.17) is 4.74 Å². The lowest BCUT2D eigenvalue weighted by Gasteiger charge is -2.21. The monoisotopic (exact) mass is 339 g/mol. The molecule has 3 heterocycles. The molecule has 4 rings (SSSR count). The standard InChI is InChI=1S/C18H21N5O2/c1-11-19-17(22-21-11)16-4-3-7-23(16)10-13-8-12-9-14(25-2)5-6-15(12)20-18(13)24/h5-6,8-9,16H,3-4,7,10H2,1-2H3,(H,20,24)(H,19,21,22). The summed E-state index contributed by atoms with van der Waals surface area (Å²) < 4.78 is 5.28. The molecular weight excluding hydrogens is 318 g/mol. The number of fused-ring (bicyclic) bond motifs is 1. The van der Waals surface area contributed by atoms with E-state index in [1.54, 1.807) is 7.11 Å². The van der Waals surface area contributed by atoms with Gasteiger partial charge in [0.25, 0.3) is 5.56 Å². The quantitative estimate of drug-likeness (QED) is 0.762. The lowest BCUT2D eigenvalue weighted by Crippen LogP contribution is -2.27. The zero-order chi connectivity index (χ0) is 17.4. The second kappa shape index (κ2) is 6.33. The number of aryl methyl sites for hydroxylation is 1. The first kappa shape index (κ1) is 15.8. The molecule has 3 aromatic rings. The van der Waals surface area contributed by atoms with Crippen molar-refractivity contribution in [2.24, 2.45) is 0 Å². The SMILES string of the molecule is COc1ccc2[nH]c(=O)c(CN3CCCC3c3n[nH]c(C)n3)cc2c1. The molecule has 2 N–H and O–H groups in total. The van der Waals surface area contributed by atoms with E-state index < -0.39 is 0 Å². The number of ether oxygens (including phenoxy) is 1. The van der Waals surface area contributed by atoms with Crippen molar-refractivity contribution < 1.29 is 4.74 Å². The molecule has 0 radical (unpaired) electrons. The summed E-state index contributed by atoms with van der Waals surface area (Å²) in [6.07, 6.45) is 2.09. The fourth-order valence-electron chi connectivity index (χ4n) is 3.51. The van der Waals surface area contributed by atoms with Gasteiger partial charge in [0.2, 0.25) is 0 Å². The van der Waals surface area contributed by atoms with Gasteiger partial charge >= 0.3 is 0 Å². The number of H-pyrrole nitrogens is 2. The molecule has 1 saturated heterocycles. The number of hydrogen-bond donors (Lipinski definition) is 2. The Kier molecular flexibility index (Phi) is 4.01. The van der Waals surface area contributed by atoms with Crippen LogP contribution in [0.25, 0.3) is 10.9 Å². The van der Waals surface area contributed by atoms with Crippen LogP contribution in [0.5, 0.6) is 5.75 Å². The summed E-state index contributed by atoms with van der Waals surface area (Å²) in [6.45, 7) is 3.42. The third-order valence-electron chi connectivity index (χ3n) is 4.78. The van der Waals surface area contributed by atoms with Crippen molar-refractivity contribution in [1.82, 2.24) is 25.1 Å². The average molecular weight is 339 g/mol. The van der Waals surface area contributed by atoms with Crippen LogP contribution >= 0.6 is 0 Å².